The van der Waals surface area contributed by atoms with Crippen molar-refractivity contribution in [2.24, 2.45) is 5.92 Å². The number of carbonyl (C=O) groups is 1. The second-order valence-corrected chi connectivity index (χ2v) is 9.36. The van der Waals surface area contributed by atoms with Gasteiger partial charge in [-0.25, -0.2) is 8.42 Å². The van der Waals surface area contributed by atoms with Gasteiger partial charge in [0, 0.05) is 13.1 Å². The molecule has 1 aromatic carbocycles. The quantitative estimate of drug-likeness (QED) is 0.572. The van der Waals surface area contributed by atoms with Gasteiger partial charge >= 0.3 is 5.97 Å². The third-order valence-corrected chi connectivity index (χ3v) is 7.30. The minimum atomic E-state index is -3.68. The predicted octanol–water partition coefficient (Wildman–Crippen LogP) is 3.22. The molecule has 0 unspecified atom stereocenters. The van der Waals surface area contributed by atoms with Crippen LogP contribution in [0, 0.1) is 40.5 Å². The monoisotopic (exact) mass is 406 g/mol. The molecule has 8 heteroatoms. The van der Waals surface area contributed by atoms with E-state index in [9.17, 15) is 13.2 Å². The standard InChI is InChI=1S/C20H26N2O5S/c1-12-10-13(2)18(14(3)11-12)26-20(23)17-6-8-22(9-7-17)28(24,25)19-15(4)21-27-16(19)5/h10-11,17H,6-9H2,1-5H3. The van der Waals surface area contributed by atoms with Crippen molar-refractivity contribution >= 4 is 16.0 Å². The summed E-state index contributed by atoms with van der Waals surface area (Å²) in [6.07, 6.45) is 0.844. The van der Waals surface area contributed by atoms with E-state index in [1.54, 1.807) is 13.8 Å². The maximum Gasteiger partial charge on any atom is 0.314 e. The lowest BCUT2D eigenvalue weighted by Gasteiger charge is -2.30. The maximum atomic E-state index is 12.9. The topological polar surface area (TPSA) is 89.7 Å². The molecule has 0 radical (unpaired) electrons. The number of aromatic nitrogens is 1. The number of hydrogen-bond donors (Lipinski definition) is 0. The van der Waals surface area contributed by atoms with Crippen LogP contribution in [-0.4, -0.2) is 36.9 Å². The van der Waals surface area contributed by atoms with E-state index in [1.165, 1.54) is 4.31 Å². The fourth-order valence-corrected chi connectivity index (χ4v) is 5.58. The van der Waals surface area contributed by atoms with Gasteiger partial charge < -0.3 is 9.26 Å². The molecule has 0 atom stereocenters. The number of ether oxygens (including phenoxy) is 1. The molecule has 0 amide bonds. The Bertz CT molecular complexity index is 959. The van der Waals surface area contributed by atoms with Crippen LogP contribution in [0.4, 0.5) is 0 Å². The molecule has 1 aliphatic rings. The van der Waals surface area contributed by atoms with Crippen molar-refractivity contribution in [1.82, 2.24) is 9.46 Å². The number of esters is 1. The van der Waals surface area contributed by atoms with Crippen LogP contribution in [-0.2, 0) is 14.8 Å². The van der Waals surface area contributed by atoms with Crippen molar-refractivity contribution in [1.29, 1.82) is 0 Å². The molecule has 152 valence electrons. The zero-order chi connectivity index (χ0) is 20.6. The van der Waals surface area contributed by atoms with Crippen LogP contribution in [0.15, 0.2) is 21.6 Å². The normalized spacial score (nSPS) is 16.3. The Hall–Kier alpha value is -2.19. The molecule has 3 rings (SSSR count). The summed E-state index contributed by atoms with van der Waals surface area (Å²) in [7, 11) is -3.68. The fraction of sp³-hybridized carbons (Fsp3) is 0.500. The van der Waals surface area contributed by atoms with Gasteiger partial charge in [-0.1, -0.05) is 22.9 Å². The van der Waals surface area contributed by atoms with Gasteiger partial charge in [0.1, 0.15) is 16.3 Å². The van der Waals surface area contributed by atoms with Crippen LogP contribution in [0.2, 0.25) is 0 Å². The first-order chi connectivity index (χ1) is 13.1. The van der Waals surface area contributed by atoms with Crippen molar-refractivity contribution in [2.75, 3.05) is 13.1 Å². The van der Waals surface area contributed by atoms with Crippen molar-refractivity contribution < 1.29 is 22.5 Å². The van der Waals surface area contributed by atoms with E-state index in [0.717, 1.165) is 16.7 Å². The summed E-state index contributed by atoms with van der Waals surface area (Å²) >= 11 is 0. The van der Waals surface area contributed by atoms with Crippen LogP contribution in [0.5, 0.6) is 5.75 Å². The number of rotatable bonds is 4. The second-order valence-electron chi connectivity index (χ2n) is 7.48. The van der Waals surface area contributed by atoms with Crippen molar-refractivity contribution in [3.8, 4) is 5.75 Å². The van der Waals surface area contributed by atoms with Gasteiger partial charge in [-0.3, -0.25) is 4.79 Å². The molecular weight excluding hydrogens is 380 g/mol. The van der Waals surface area contributed by atoms with Gasteiger partial charge in [0.2, 0.25) is 10.0 Å². The molecule has 0 aliphatic carbocycles. The van der Waals surface area contributed by atoms with E-state index in [0.29, 0.717) is 24.3 Å². The predicted molar refractivity (Wildman–Crippen MR) is 104 cm³/mol. The maximum absolute atomic E-state index is 12.9. The van der Waals surface area contributed by atoms with E-state index in [-0.39, 0.29) is 35.6 Å². The fourth-order valence-electron chi connectivity index (χ4n) is 3.82. The molecule has 2 aromatic rings. The van der Waals surface area contributed by atoms with Gasteiger partial charge in [-0.05, 0) is 58.6 Å². The SMILES string of the molecule is Cc1cc(C)c(OC(=O)C2CCN(S(=O)(=O)c3c(C)noc3C)CC2)c(C)c1. The first-order valence-electron chi connectivity index (χ1n) is 9.34. The molecule has 1 fully saturated rings. The summed E-state index contributed by atoms with van der Waals surface area (Å²) < 4.78 is 37.8. The minimum absolute atomic E-state index is 0.124. The molecule has 0 spiro atoms. The number of carbonyl (C=O) groups excluding carboxylic acids is 1. The average molecular weight is 407 g/mol. The number of piperidine rings is 1. The lowest BCUT2D eigenvalue weighted by atomic mass is 9.98. The van der Waals surface area contributed by atoms with E-state index < -0.39 is 10.0 Å². The van der Waals surface area contributed by atoms with Gasteiger partial charge in [0.25, 0.3) is 0 Å². The first kappa shape index (κ1) is 20.5. The average Bonchev–Trinajstić information content (AvgIpc) is 2.97. The summed E-state index contributed by atoms with van der Waals surface area (Å²) in [5.74, 6) is 0.256. The summed E-state index contributed by atoms with van der Waals surface area (Å²) in [4.78, 5) is 12.8. The smallest absolute Gasteiger partial charge is 0.314 e. The minimum Gasteiger partial charge on any atom is -0.426 e. The van der Waals surface area contributed by atoms with E-state index in [2.05, 4.69) is 5.16 Å². The summed E-state index contributed by atoms with van der Waals surface area (Å²) in [5, 5.41) is 3.73. The molecule has 0 N–H and O–H groups in total. The van der Waals surface area contributed by atoms with Crippen molar-refractivity contribution in [2.45, 2.75) is 52.4 Å². The highest BCUT2D eigenvalue weighted by molar-refractivity contribution is 7.89. The Morgan fingerprint density at radius 2 is 1.68 bits per heavy atom. The van der Waals surface area contributed by atoms with Crippen molar-refractivity contribution in [3.05, 3.63) is 40.3 Å². The third kappa shape index (κ3) is 3.84. The summed E-state index contributed by atoms with van der Waals surface area (Å²) in [6, 6.07) is 3.96. The molecule has 1 saturated heterocycles. The number of sulfonamides is 1. The Morgan fingerprint density at radius 1 is 1.11 bits per heavy atom. The highest BCUT2D eigenvalue weighted by Crippen LogP contribution is 2.30. The van der Waals surface area contributed by atoms with E-state index in [4.69, 9.17) is 9.26 Å². The zero-order valence-electron chi connectivity index (χ0n) is 16.9. The number of hydrogen-bond acceptors (Lipinski definition) is 6. The Morgan fingerprint density at radius 3 is 2.18 bits per heavy atom. The number of nitrogens with zero attached hydrogens (tertiary/aromatic N) is 2. The Labute approximate surface area is 165 Å². The molecule has 7 nitrogen and oxygen atoms in total. The number of benzene rings is 1. The molecule has 1 aromatic heterocycles. The van der Waals surface area contributed by atoms with E-state index >= 15 is 0 Å². The lowest BCUT2D eigenvalue weighted by molar-refractivity contribution is -0.140. The second kappa shape index (κ2) is 7.67. The van der Waals surface area contributed by atoms with Crippen LogP contribution in [0.3, 0.4) is 0 Å². The highest BCUT2D eigenvalue weighted by Gasteiger charge is 2.36. The highest BCUT2D eigenvalue weighted by atomic mass is 32.2. The van der Waals surface area contributed by atoms with Crippen LogP contribution < -0.4 is 4.74 Å². The lowest BCUT2D eigenvalue weighted by Crippen LogP contribution is -2.41. The van der Waals surface area contributed by atoms with Crippen molar-refractivity contribution in [3.63, 3.8) is 0 Å². The van der Waals surface area contributed by atoms with Crippen LogP contribution >= 0.6 is 0 Å². The summed E-state index contributed by atoms with van der Waals surface area (Å²) in [6.45, 7) is 9.56. The van der Waals surface area contributed by atoms with Gasteiger partial charge in [0.05, 0.1) is 5.92 Å². The molecule has 1 aliphatic heterocycles. The molecule has 28 heavy (non-hydrogen) atoms. The third-order valence-electron chi connectivity index (χ3n) is 5.16. The molecule has 0 saturated carbocycles. The molecular formula is C20H26N2O5S. The Balaban J connectivity index is 1.68. The zero-order valence-corrected chi connectivity index (χ0v) is 17.7. The summed E-state index contributed by atoms with van der Waals surface area (Å²) in [5.41, 5.74) is 3.31. The van der Waals surface area contributed by atoms with Gasteiger partial charge in [0.15, 0.2) is 5.76 Å². The molecule has 2 heterocycles. The van der Waals surface area contributed by atoms with Gasteiger partial charge in [-0.15, -0.1) is 0 Å². The number of aryl methyl sites for hydroxylation is 5. The van der Waals surface area contributed by atoms with Crippen LogP contribution in [0.25, 0.3) is 0 Å². The first-order valence-corrected chi connectivity index (χ1v) is 10.8. The molecule has 0 bridgehead atoms. The largest absolute Gasteiger partial charge is 0.426 e. The Kier molecular flexibility index (Phi) is 5.63. The van der Waals surface area contributed by atoms with Gasteiger partial charge in [-0.2, -0.15) is 4.31 Å². The van der Waals surface area contributed by atoms with E-state index in [1.807, 2.05) is 32.9 Å². The van der Waals surface area contributed by atoms with Crippen LogP contribution in [0.1, 0.15) is 41.0 Å².